The summed E-state index contributed by atoms with van der Waals surface area (Å²) in [7, 11) is 0. The summed E-state index contributed by atoms with van der Waals surface area (Å²) in [5, 5.41) is 5.82. The topological polar surface area (TPSA) is 67.9 Å². The Kier molecular flexibility index (Phi) is 8.85. The van der Waals surface area contributed by atoms with Gasteiger partial charge in [-0.3, -0.25) is 9.69 Å². The van der Waals surface area contributed by atoms with Crippen molar-refractivity contribution in [3.05, 3.63) is 42.5 Å². The standard InChI is InChI=1S/C27H41N5O2/c1-2-15-28-27(34)29-22-13-16-31(17-14-22)25-12-8-7-11-24(25)26(33)32-20-18-30(19-21-32)23-9-5-3-4-6-10-23/h2,7-8,11-12,22-23H,1,3-6,9-10,13-21H2,(H2,28,29,34). The highest BCUT2D eigenvalue weighted by Gasteiger charge is 2.29. The fourth-order valence-electron chi connectivity index (χ4n) is 5.68. The molecule has 0 radical (unpaired) electrons. The van der Waals surface area contributed by atoms with Gasteiger partial charge in [-0.25, -0.2) is 4.79 Å². The van der Waals surface area contributed by atoms with Crippen LogP contribution in [0.5, 0.6) is 0 Å². The average molecular weight is 468 g/mol. The summed E-state index contributed by atoms with van der Waals surface area (Å²) < 4.78 is 0. The number of carbonyl (C=O) groups excluding carboxylic acids is 2. The molecule has 3 aliphatic rings. The number of nitrogens with zero attached hydrogens (tertiary/aromatic N) is 3. The number of carbonyl (C=O) groups is 2. The Bertz CT molecular complexity index is 820. The number of anilines is 1. The van der Waals surface area contributed by atoms with Gasteiger partial charge in [-0.1, -0.05) is 43.9 Å². The smallest absolute Gasteiger partial charge is 0.315 e. The number of rotatable bonds is 6. The molecular formula is C27H41N5O2. The maximum Gasteiger partial charge on any atom is 0.315 e. The van der Waals surface area contributed by atoms with E-state index in [4.69, 9.17) is 0 Å². The third kappa shape index (κ3) is 6.32. The van der Waals surface area contributed by atoms with Crippen molar-refractivity contribution in [2.45, 2.75) is 63.5 Å². The van der Waals surface area contributed by atoms with Gasteiger partial charge in [0.1, 0.15) is 0 Å². The lowest BCUT2D eigenvalue weighted by Crippen LogP contribution is -2.52. The molecule has 3 fully saturated rings. The number of benzene rings is 1. The fraction of sp³-hybridized carbons (Fsp3) is 0.630. The maximum atomic E-state index is 13.5. The van der Waals surface area contributed by atoms with Gasteiger partial charge in [-0.05, 0) is 37.8 Å². The van der Waals surface area contributed by atoms with Crippen LogP contribution in [0.4, 0.5) is 10.5 Å². The van der Waals surface area contributed by atoms with Gasteiger partial charge < -0.3 is 20.4 Å². The fourth-order valence-corrected chi connectivity index (χ4v) is 5.68. The van der Waals surface area contributed by atoms with Crippen LogP contribution in [0.25, 0.3) is 0 Å². The van der Waals surface area contributed by atoms with Gasteiger partial charge in [0.2, 0.25) is 0 Å². The lowest BCUT2D eigenvalue weighted by Gasteiger charge is -2.40. The summed E-state index contributed by atoms with van der Waals surface area (Å²) in [4.78, 5) is 32.4. The molecular weight excluding hydrogens is 426 g/mol. The molecule has 2 saturated heterocycles. The van der Waals surface area contributed by atoms with Crippen molar-refractivity contribution in [1.82, 2.24) is 20.4 Å². The minimum atomic E-state index is -0.142. The second-order valence-electron chi connectivity index (χ2n) is 9.90. The highest BCUT2D eigenvalue weighted by atomic mass is 16.2. The molecule has 1 aromatic carbocycles. The second-order valence-corrected chi connectivity index (χ2v) is 9.90. The summed E-state index contributed by atoms with van der Waals surface area (Å²) in [6.07, 6.45) is 11.5. The van der Waals surface area contributed by atoms with Crippen LogP contribution in [0.15, 0.2) is 36.9 Å². The number of hydrogen-bond acceptors (Lipinski definition) is 4. The Balaban J connectivity index is 1.31. The second kappa shape index (κ2) is 12.2. The Labute approximate surface area is 204 Å². The van der Waals surface area contributed by atoms with Gasteiger partial charge >= 0.3 is 6.03 Å². The first-order chi connectivity index (χ1) is 16.7. The number of nitrogens with one attached hydrogen (secondary N) is 2. The van der Waals surface area contributed by atoms with Crippen molar-refractivity contribution in [2.24, 2.45) is 0 Å². The summed E-state index contributed by atoms with van der Waals surface area (Å²) in [6.45, 7) is 9.35. The van der Waals surface area contributed by atoms with E-state index >= 15 is 0 Å². The number of para-hydroxylation sites is 1. The first kappa shape index (κ1) is 24.6. The third-order valence-electron chi connectivity index (χ3n) is 7.65. The summed E-state index contributed by atoms with van der Waals surface area (Å²) >= 11 is 0. The van der Waals surface area contributed by atoms with Crippen LogP contribution >= 0.6 is 0 Å². The summed E-state index contributed by atoms with van der Waals surface area (Å²) in [5.74, 6) is 0.153. The zero-order valence-electron chi connectivity index (χ0n) is 20.5. The first-order valence-corrected chi connectivity index (χ1v) is 13.2. The van der Waals surface area contributed by atoms with Crippen molar-refractivity contribution in [2.75, 3.05) is 50.7 Å². The van der Waals surface area contributed by atoms with Gasteiger partial charge in [0.25, 0.3) is 5.91 Å². The Hall–Kier alpha value is -2.54. The molecule has 0 unspecified atom stereocenters. The molecule has 34 heavy (non-hydrogen) atoms. The number of piperazine rings is 1. The lowest BCUT2D eigenvalue weighted by atomic mass is 10.0. The van der Waals surface area contributed by atoms with Gasteiger partial charge in [0.05, 0.1) is 5.56 Å². The Morgan fingerprint density at radius 2 is 1.59 bits per heavy atom. The molecule has 7 heteroatoms. The van der Waals surface area contributed by atoms with E-state index in [0.717, 1.165) is 63.4 Å². The van der Waals surface area contributed by atoms with Crippen molar-refractivity contribution in [1.29, 1.82) is 0 Å². The van der Waals surface area contributed by atoms with E-state index in [1.54, 1.807) is 6.08 Å². The molecule has 1 saturated carbocycles. The minimum Gasteiger partial charge on any atom is -0.371 e. The average Bonchev–Trinajstić information content (AvgIpc) is 3.17. The Morgan fingerprint density at radius 3 is 2.26 bits per heavy atom. The van der Waals surface area contributed by atoms with E-state index in [-0.39, 0.29) is 18.0 Å². The van der Waals surface area contributed by atoms with Crippen LogP contribution in [0, 0.1) is 0 Å². The molecule has 0 aromatic heterocycles. The molecule has 4 rings (SSSR count). The predicted octanol–water partition coefficient (Wildman–Crippen LogP) is 3.62. The van der Waals surface area contributed by atoms with E-state index in [9.17, 15) is 9.59 Å². The lowest BCUT2D eigenvalue weighted by molar-refractivity contribution is 0.0552. The molecule has 2 N–H and O–H groups in total. The van der Waals surface area contributed by atoms with Crippen LogP contribution in [-0.2, 0) is 0 Å². The van der Waals surface area contributed by atoms with Crippen molar-refractivity contribution >= 4 is 17.6 Å². The van der Waals surface area contributed by atoms with E-state index < -0.39 is 0 Å². The minimum absolute atomic E-state index is 0.142. The molecule has 0 bridgehead atoms. The molecule has 0 atom stereocenters. The van der Waals surface area contributed by atoms with E-state index in [1.165, 1.54) is 38.5 Å². The quantitative estimate of drug-likeness (QED) is 0.495. The van der Waals surface area contributed by atoms with Gasteiger partial charge in [0, 0.05) is 63.6 Å². The van der Waals surface area contributed by atoms with Crippen molar-refractivity contribution < 1.29 is 9.59 Å². The molecule has 7 nitrogen and oxygen atoms in total. The molecule has 1 aliphatic carbocycles. The predicted molar refractivity (Wildman–Crippen MR) is 137 cm³/mol. The van der Waals surface area contributed by atoms with Crippen LogP contribution in [-0.4, -0.2) is 79.6 Å². The molecule has 2 heterocycles. The van der Waals surface area contributed by atoms with Gasteiger partial charge in [-0.2, -0.15) is 0 Å². The van der Waals surface area contributed by atoms with Crippen molar-refractivity contribution in [3.8, 4) is 0 Å². The normalized spacial score (nSPS) is 21.1. The van der Waals surface area contributed by atoms with E-state index in [2.05, 4.69) is 33.1 Å². The zero-order valence-corrected chi connectivity index (χ0v) is 20.5. The SMILES string of the molecule is C=CCNC(=O)NC1CCN(c2ccccc2C(=O)N2CCN(C3CCCCCC3)CC2)CC1. The summed E-state index contributed by atoms with van der Waals surface area (Å²) in [6, 6.07) is 8.75. The molecule has 0 spiro atoms. The van der Waals surface area contributed by atoms with Crippen LogP contribution in [0.2, 0.25) is 0 Å². The van der Waals surface area contributed by atoms with E-state index in [0.29, 0.717) is 12.6 Å². The number of hydrogen-bond donors (Lipinski definition) is 2. The molecule has 2 aliphatic heterocycles. The van der Waals surface area contributed by atoms with Gasteiger partial charge in [0.15, 0.2) is 0 Å². The van der Waals surface area contributed by atoms with Crippen LogP contribution < -0.4 is 15.5 Å². The van der Waals surface area contributed by atoms with Crippen LogP contribution in [0.3, 0.4) is 0 Å². The number of piperidine rings is 1. The Morgan fingerprint density at radius 1 is 0.912 bits per heavy atom. The maximum absolute atomic E-state index is 13.5. The molecule has 3 amide bonds. The molecule has 1 aromatic rings. The largest absolute Gasteiger partial charge is 0.371 e. The number of urea groups is 1. The van der Waals surface area contributed by atoms with Gasteiger partial charge in [-0.15, -0.1) is 6.58 Å². The monoisotopic (exact) mass is 467 g/mol. The van der Waals surface area contributed by atoms with E-state index in [1.807, 2.05) is 23.1 Å². The highest BCUT2D eigenvalue weighted by molar-refractivity contribution is 6.00. The third-order valence-corrected chi connectivity index (χ3v) is 7.65. The van der Waals surface area contributed by atoms with Crippen molar-refractivity contribution in [3.63, 3.8) is 0 Å². The highest BCUT2D eigenvalue weighted by Crippen LogP contribution is 2.27. The zero-order chi connectivity index (χ0) is 23.8. The summed E-state index contributed by atoms with van der Waals surface area (Å²) in [5.41, 5.74) is 1.83. The molecule has 186 valence electrons. The number of amides is 3. The van der Waals surface area contributed by atoms with Crippen LogP contribution in [0.1, 0.15) is 61.7 Å². The first-order valence-electron chi connectivity index (χ1n) is 13.2.